The second-order valence-electron chi connectivity index (χ2n) is 2.70. The summed E-state index contributed by atoms with van der Waals surface area (Å²) in [6.07, 6.45) is -1.99. The minimum atomic E-state index is -4.29. The standard InChI is InChI=1S/C5H11O6P/c6-2-4-3(7)1-5(11-4)12(8,9)10/h3-7H,1-2H2,(H2,8,9,10). The molecule has 1 saturated heterocycles. The van der Waals surface area contributed by atoms with Crippen LogP contribution < -0.4 is 0 Å². The zero-order chi connectivity index (χ0) is 9.35. The molecule has 7 heteroatoms. The normalized spacial score (nSPS) is 37.2. The molecule has 0 aromatic heterocycles. The lowest BCUT2D eigenvalue weighted by molar-refractivity contribution is -0.00857. The van der Waals surface area contributed by atoms with Gasteiger partial charge in [-0.1, -0.05) is 0 Å². The highest BCUT2D eigenvalue weighted by molar-refractivity contribution is 7.52. The van der Waals surface area contributed by atoms with Gasteiger partial charge in [0, 0.05) is 6.42 Å². The number of hydrogen-bond donors (Lipinski definition) is 4. The molecule has 0 amide bonds. The van der Waals surface area contributed by atoms with E-state index in [1.165, 1.54) is 0 Å². The summed E-state index contributed by atoms with van der Waals surface area (Å²) >= 11 is 0. The first-order valence-corrected chi connectivity index (χ1v) is 5.13. The third-order valence-electron chi connectivity index (χ3n) is 1.76. The van der Waals surface area contributed by atoms with E-state index in [2.05, 4.69) is 0 Å². The van der Waals surface area contributed by atoms with Gasteiger partial charge in [-0.15, -0.1) is 0 Å². The summed E-state index contributed by atoms with van der Waals surface area (Å²) < 4.78 is 15.3. The van der Waals surface area contributed by atoms with Crippen LogP contribution in [-0.4, -0.2) is 44.7 Å². The zero-order valence-corrected chi connectivity index (χ0v) is 7.09. The smallest absolute Gasteiger partial charge is 0.354 e. The maximum Gasteiger partial charge on any atom is 0.354 e. The Morgan fingerprint density at radius 2 is 2.08 bits per heavy atom. The number of aliphatic hydroxyl groups excluding tert-OH is 2. The van der Waals surface area contributed by atoms with Crippen LogP contribution in [0.2, 0.25) is 0 Å². The summed E-state index contributed by atoms with van der Waals surface area (Å²) in [6.45, 7) is -0.433. The molecule has 0 aromatic carbocycles. The third-order valence-corrected chi connectivity index (χ3v) is 2.84. The Hall–Kier alpha value is 0.0300. The van der Waals surface area contributed by atoms with Gasteiger partial charge in [0.15, 0.2) is 5.85 Å². The van der Waals surface area contributed by atoms with Gasteiger partial charge in [0.25, 0.3) is 0 Å². The second kappa shape index (κ2) is 3.41. The van der Waals surface area contributed by atoms with Crippen LogP contribution in [0.25, 0.3) is 0 Å². The molecule has 0 spiro atoms. The molecule has 3 atom stereocenters. The van der Waals surface area contributed by atoms with Crippen LogP contribution in [0, 0.1) is 0 Å². The predicted molar refractivity (Wildman–Crippen MR) is 38.4 cm³/mol. The van der Waals surface area contributed by atoms with Gasteiger partial charge in [-0.3, -0.25) is 4.57 Å². The number of aliphatic hydroxyl groups is 2. The Morgan fingerprint density at radius 1 is 1.50 bits per heavy atom. The average molecular weight is 198 g/mol. The van der Waals surface area contributed by atoms with E-state index in [-0.39, 0.29) is 6.42 Å². The van der Waals surface area contributed by atoms with Gasteiger partial charge in [0.2, 0.25) is 0 Å². The summed E-state index contributed by atoms with van der Waals surface area (Å²) in [5.41, 5.74) is 0. The van der Waals surface area contributed by atoms with E-state index >= 15 is 0 Å². The van der Waals surface area contributed by atoms with E-state index in [4.69, 9.17) is 24.7 Å². The van der Waals surface area contributed by atoms with Crippen molar-refractivity contribution in [2.24, 2.45) is 0 Å². The van der Waals surface area contributed by atoms with E-state index in [9.17, 15) is 4.57 Å². The number of rotatable bonds is 2. The van der Waals surface area contributed by atoms with Crippen LogP contribution >= 0.6 is 7.60 Å². The highest BCUT2D eigenvalue weighted by Crippen LogP contribution is 2.47. The Morgan fingerprint density at radius 3 is 2.33 bits per heavy atom. The van der Waals surface area contributed by atoms with Crippen LogP contribution in [0.3, 0.4) is 0 Å². The van der Waals surface area contributed by atoms with E-state index in [0.29, 0.717) is 0 Å². The first kappa shape index (κ1) is 10.1. The molecular formula is C5H11O6P. The summed E-state index contributed by atoms with van der Waals surface area (Å²) in [7, 11) is -4.29. The molecule has 1 heterocycles. The molecular weight excluding hydrogens is 187 g/mol. The predicted octanol–water partition coefficient (Wildman–Crippen LogP) is -1.37. The quantitative estimate of drug-likeness (QED) is 0.408. The minimum absolute atomic E-state index is 0.129. The molecule has 0 saturated carbocycles. The van der Waals surface area contributed by atoms with Crippen molar-refractivity contribution < 1.29 is 29.3 Å². The minimum Gasteiger partial charge on any atom is -0.394 e. The van der Waals surface area contributed by atoms with Crippen molar-refractivity contribution in [1.29, 1.82) is 0 Å². The summed E-state index contributed by atoms with van der Waals surface area (Å²) in [5.74, 6) is -1.27. The summed E-state index contributed by atoms with van der Waals surface area (Å²) in [5, 5.41) is 17.7. The van der Waals surface area contributed by atoms with Gasteiger partial charge in [0.1, 0.15) is 6.10 Å². The van der Waals surface area contributed by atoms with Crippen molar-refractivity contribution in [2.45, 2.75) is 24.5 Å². The first-order valence-electron chi connectivity index (χ1n) is 3.44. The molecule has 4 N–H and O–H groups in total. The molecule has 3 unspecified atom stereocenters. The van der Waals surface area contributed by atoms with Gasteiger partial charge in [0.05, 0.1) is 12.7 Å². The van der Waals surface area contributed by atoms with Crippen molar-refractivity contribution in [3.63, 3.8) is 0 Å². The Kier molecular flexibility index (Phi) is 2.88. The van der Waals surface area contributed by atoms with E-state index in [0.717, 1.165) is 0 Å². The molecule has 1 aliphatic heterocycles. The SMILES string of the molecule is O=P(O)(O)C1CC(O)C(CO)O1. The third kappa shape index (κ3) is 2.04. The van der Waals surface area contributed by atoms with E-state index in [1.54, 1.807) is 0 Å². The lowest BCUT2D eigenvalue weighted by Gasteiger charge is -2.12. The van der Waals surface area contributed by atoms with Crippen molar-refractivity contribution in [2.75, 3.05) is 6.61 Å². The summed E-state index contributed by atoms with van der Waals surface area (Å²) in [4.78, 5) is 17.3. The molecule has 1 aliphatic rings. The fourth-order valence-corrected chi connectivity index (χ4v) is 1.89. The highest BCUT2D eigenvalue weighted by Gasteiger charge is 2.42. The van der Waals surface area contributed by atoms with Crippen LogP contribution in [0.4, 0.5) is 0 Å². The largest absolute Gasteiger partial charge is 0.394 e. The first-order chi connectivity index (χ1) is 5.45. The fraction of sp³-hybridized carbons (Fsp3) is 1.00. The zero-order valence-electron chi connectivity index (χ0n) is 6.20. The molecule has 0 aromatic rings. The number of hydrogen-bond acceptors (Lipinski definition) is 4. The van der Waals surface area contributed by atoms with Crippen LogP contribution in [0.5, 0.6) is 0 Å². The van der Waals surface area contributed by atoms with Crippen molar-refractivity contribution in [1.82, 2.24) is 0 Å². The summed E-state index contributed by atoms with van der Waals surface area (Å²) in [6, 6.07) is 0. The maximum atomic E-state index is 10.6. The lowest BCUT2D eigenvalue weighted by atomic mass is 10.2. The maximum absolute atomic E-state index is 10.6. The second-order valence-corrected chi connectivity index (χ2v) is 4.46. The van der Waals surface area contributed by atoms with Gasteiger partial charge in [-0.25, -0.2) is 0 Å². The Balaban J connectivity index is 2.60. The number of ether oxygens (including phenoxy) is 1. The lowest BCUT2D eigenvalue weighted by Crippen LogP contribution is -2.24. The molecule has 72 valence electrons. The van der Waals surface area contributed by atoms with Crippen LogP contribution in [-0.2, 0) is 9.30 Å². The molecule has 12 heavy (non-hydrogen) atoms. The van der Waals surface area contributed by atoms with Gasteiger partial charge >= 0.3 is 7.60 Å². The van der Waals surface area contributed by atoms with Crippen molar-refractivity contribution in [3.05, 3.63) is 0 Å². The highest BCUT2D eigenvalue weighted by atomic mass is 31.2. The molecule has 1 fully saturated rings. The van der Waals surface area contributed by atoms with E-state index < -0.39 is 32.3 Å². The topological polar surface area (TPSA) is 107 Å². The van der Waals surface area contributed by atoms with Crippen LogP contribution in [0.1, 0.15) is 6.42 Å². The van der Waals surface area contributed by atoms with Gasteiger partial charge < -0.3 is 24.7 Å². The van der Waals surface area contributed by atoms with Gasteiger partial charge in [-0.05, 0) is 0 Å². The van der Waals surface area contributed by atoms with Gasteiger partial charge in [-0.2, -0.15) is 0 Å². The molecule has 0 aliphatic carbocycles. The van der Waals surface area contributed by atoms with Crippen molar-refractivity contribution >= 4 is 7.60 Å². The van der Waals surface area contributed by atoms with E-state index in [1.807, 2.05) is 0 Å². The average Bonchev–Trinajstić information content (AvgIpc) is 2.29. The Labute approximate surface area is 68.9 Å². The molecule has 6 nitrogen and oxygen atoms in total. The Bertz CT molecular complexity index is 200. The monoisotopic (exact) mass is 198 g/mol. The molecule has 1 rings (SSSR count). The molecule has 0 radical (unpaired) electrons. The van der Waals surface area contributed by atoms with Crippen LogP contribution in [0.15, 0.2) is 0 Å². The fourth-order valence-electron chi connectivity index (χ4n) is 1.09. The van der Waals surface area contributed by atoms with Crippen molar-refractivity contribution in [3.8, 4) is 0 Å². The molecule has 0 bridgehead atoms.